The number of para-hydroxylation sites is 1. The fraction of sp³-hybridized carbons (Fsp3) is 0.105. The highest BCUT2D eigenvalue weighted by Crippen LogP contribution is 2.26. The van der Waals surface area contributed by atoms with Gasteiger partial charge in [0, 0.05) is 11.9 Å². The molecule has 4 rings (SSSR count). The lowest BCUT2D eigenvalue weighted by Crippen LogP contribution is -2.11. The lowest BCUT2D eigenvalue weighted by atomic mass is 10.1. The molecule has 0 fully saturated rings. The highest BCUT2D eigenvalue weighted by Gasteiger charge is 2.16. The average Bonchev–Trinajstić information content (AvgIpc) is 3.10. The standard InChI is InChI=1S/C19H16FN7O/c1-10-23-18(16-13-6-3-7-14(17(21)28)15(13)26-27-16)25-19(24-10)22-9-11-4-2-5-12(20)8-11/h2-8H,9H2,1H3,(H2,21,28)(H,26,27)(H,22,23,24,25). The topological polar surface area (TPSA) is 122 Å². The molecule has 140 valence electrons. The van der Waals surface area contributed by atoms with E-state index in [2.05, 4.69) is 30.5 Å². The van der Waals surface area contributed by atoms with Crippen molar-refractivity contribution in [3.05, 3.63) is 65.2 Å². The minimum Gasteiger partial charge on any atom is -0.366 e. The smallest absolute Gasteiger partial charge is 0.250 e. The zero-order valence-corrected chi connectivity index (χ0v) is 14.9. The Hall–Kier alpha value is -3.88. The molecule has 4 N–H and O–H groups in total. The number of anilines is 1. The van der Waals surface area contributed by atoms with Crippen molar-refractivity contribution in [1.82, 2.24) is 25.1 Å². The summed E-state index contributed by atoms with van der Waals surface area (Å²) in [6.07, 6.45) is 0. The molecule has 0 saturated carbocycles. The number of carbonyl (C=O) groups is 1. The second-order valence-electron chi connectivity index (χ2n) is 6.18. The molecule has 0 atom stereocenters. The SMILES string of the molecule is Cc1nc(NCc2cccc(F)c2)nc(-c2n[nH]c3c(C(N)=O)cccc23)n1. The first kappa shape index (κ1) is 17.5. The summed E-state index contributed by atoms with van der Waals surface area (Å²) in [7, 11) is 0. The third-order valence-electron chi connectivity index (χ3n) is 4.16. The molecular formula is C19H16FN7O. The number of H-pyrrole nitrogens is 1. The molecule has 0 aliphatic heterocycles. The Morgan fingerprint density at radius 3 is 2.79 bits per heavy atom. The summed E-state index contributed by atoms with van der Waals surface area (Å²) in [5.41, 5.74) is 7.53. The van der Waals surface area contributed by atoms with Crippen LogP contribution in [-0.4, -0.2) is 31.1 Å². The predicted octanol–water partition coefficient (Wildman–Crippen LogP) is 2.57. The molecule has 2 aromatic heterocycles. The summed E-state index contributed by atoms with van der Waals surface area (Å²) in [5.74, 6) is 0.329. The Kier molecular flexibility index (Phi) is 4.40. The van der Waals surface area contributed by atoms with Gasteiger partial charge in [-0.3, -0.25) is 9.89 Å². The van der Waals surface area contributed by atoms with E-state index in [1.807, 2.05) is 0 Å². The van der Waals surface area contributed by atoms with Gasteiger partial charge in [0.05, 0.1) is 11.1 Å². The van der Waals surface area contributed by atoms with Crippen LogP contribution in [0.2, 0.25) is 0 Å². The molecule has 2 aromatic carbocycles. The van der Waals surface area contributed by atoms with Crippen molar-refractivity contribution < 1.29 is 9.18 Å². The number of nitrogens with two attached hydrogens (primary N) is 1. The summed E-state index contributed by atoms with van der Waals surface area (Å²) in [6.45, 7) is 2.09. The average molecular weight is 377 g/mol. The van der Waals surface area contributed by atoms with Gasteiger partial charge in [-0.25, -0.2) is 9.37 Å². The number of fused-ring (bicyclic) bond motifs is 1. The molecule has 8 nitrogen and oxygen atoms in total. The van der Waals surface area contributed by atoms with Gasteiger partial charge in [-0.15, -0.1) is 0 Å². The molecule has 0 radical (unpaired) electrons. The fourth-order valence-electron chi connectivity index (χ4n) is 2.91. The monoisotopic (exact) mass is 377 g/mol. The molecule has 0 aliphatic rings. The summed E-state index contributed by atoms with van der Waals surface area (Å²) >= 11 is 0. The van der Waals surface area contributed by atoms with Crippen molar-refractivity contribution >= 4 is 22.8 Å². The normalized spacial score (nSPS) is 10.9. The number of benzene rings is 2. The van der Waals surface area contributed by atoms with Crippen LogP contribution in [0.5, 0.6) is 0 Å². The van der Waals surface area contributed by atoms with Crippen LogP contribution < -0.4 is 11.1 Å². The molecule has 0 saturated heterocycles. The van der Waals surface area contributed by atoms with Gasteiger partial charge in [-0.1, -0.05) is 24.3 Å². The van der Waals surface area contributed by atoms with Gasteiger partial charge < -0.3 is 11.1 Å². The van der Waals surface area contributed by atoms with Crippen LogP contribution in [-0.2, 0) is 6.54 Å². The molecule has 9 heteroatoms. The van der Waals surface area contributed by atoms with Crippen LogP contribution in [0.4, 0.5) is 10.3 Å². The van der Waals surface area contributed by atoms with Crippen LogP contribution in [0.1, 0.15) is 21.7 Å². The van der Waals surface area contributed by atoms with Crippen molar-refractivity contribution in [2.75, 3.05) is 5.32 Å². The van der Waals surface area contributed by atoms with E-state index in [9.17, 15) is 9.18 Å². The predicted molar refractivity (Wildman–Crippen MR) is 102 cm³/mol. The van der Waals surface area contributed by atoms with E-state index < -0.39 is 5.91 Å². The molecule has 4 aromatic rings. The van der Waals surface area contributed by atoms with Gasteiger partial charge in [0.1, 0.15) is 17.3 Å². The second-order valence-corrected chi connectivity index (χ2v) is 6.18. The number of nitrogens with one attached hydrogen (secondary N) is 2. The Balaban J connectivity index is 1.68. The molecular weight excluding hydrogens is 361 g/mol. The highest BCUT2D eigenvalue weighted by molar-refractivity contribution is 6.07. The minimum atomic E-state index is -0.551. The van der Waals surface area contributed by atoms with Gasteiger partial charge in [0.2, 0.25) is 5.95 Å². The lowest BCUT2D eigenvalue weighted by Gasteiger charge is -2.07. The number of nitrogens with zero attached hydrogens (tertiary/aromatic N) is 4. The lowest BCUT2D eigenvalue weighted by molar-refractivity contribution is 0.100. The first-order chi connectivity index (χ1) is 13.5. The Bertz CT molecular complexity index is 1190. The van der Waals surface area contributed by atoms with Gasteiger partial charge in [0.25, 0.3) is 5.91 Å². The Labute approximate surface area is 159 Å². The molecule has 2 heterocycles. The Morgan fingerprint density at radius 2 is 2.00 bits per heavy atom. The number of primary amides is 1. The zero-order chi connectivity index (χ0) is 19.7. The third-order valence-corrected chi connectivity index (χ3v) is 4.16. The first-order valence-electron chi connectivity index (χ1n) is 8.49. The van der Waals surface area contributed by atoms with E-state index in [1.165, 1.54) is 12.1 Å². The zero-order valence-electron chi connectivity index (χ0n) is 14.9. The number of aromatic amines is 1. The van der Waals surface area contributed by atoms with Crippen molar-refractivity contribution in [1.29, 1.82) is 0 Å². The molecule has 0 bridgehead atoms. The maximum absolute atomic E-state index is 13.3. The van der Waals surface area contributed by atoms with Crippen LogP contribution in [0.3, 0.4) is 0 Å². The number of hydrogen-bond donors (Lipinski definition) is 3. The van der Waals surface area contributed by atoms with E-state index in [-0.39, 0.29) is 5.82 Å². The van der Waals surface area contributed by atoms with Gasteiger partial charge in [-0.2, -0.15) is 15.1 Å². The van der Waals surface area contributed by atoms with Gasteiger partial charge in [-0.05, 0) is 30.7 Å². The van der Waals surface area contributed by atoms with Crippen LogP contribution in [0.15, 0.2) is 42.5 Å². The fourth-order valence-corrected chi connectivity index (χ4v) is 2.91. The number of rotatable bonds is 5. The van der Waals surface area contributed by atoms with Crippen LogP contribution >= 0.6 is 0 Å². The Morgan fingerprint density at radius 1 is 1.18 bits per heavy atom. The van der Waals surface area contributed by atoms with Crippen LogP contribution in [0.25, 0.3) is 22.4 Å². The molecule has 1 amide bonds. The van der Waals surface area contributed by atoms with E-state index in [4.69, 9.17) is 5.73 Å². The van der Waals surface area contributed by atoms with Crippen LogP contribution in [0, 0.1) is 12.7 Å². The third kappa shape index (κ3) is 3.37. The van der Waals surface area contributed by atoms with Gasteiger partial charge in [0.15, 0.2) is 5.82 Å². The highest BCUT2D eigenvalue weighted by atomic mass is 19.1. The number of amides is 1. The molecule has 0 unspecified atom stereocenters. The summed E-state index contributed by atoms with van der Waals surface area (Å²) in [5, 5.41) is 10.8. The number of carbonyl (C=O) groups excluding carboxylic acids is 1. The van der Waals surface area contributed by atoms with Crippen molar-refractivity contribution in [3.8, 4) is 11.5 Å². The van der Waals surface area contributed by atoms with Crippen molar-refractivity contribution in [3.63, 3.8) is 0 Å². The number of aryl methyl sites for hydroxylation is 1. The van der Waals surface area contributed by atoms with E-state index >= 15 is 0 Å². The first-order valence-corrected chi connectivity index (χ1v) is 8.49. The largest absolute Gasteiger partial charge is 0.366 e. The van der Waals surface area contributed by atoms with Crippen molar-refractivity contribution in [2.24, 2.45) is 5.73 Å². The second kappa shape index (κ2) is 7.03. The maximum atomic E-state index is 13.3. The van der Waals surface area contributed by atoms with E-state index in [0.717, 1.165) is 5.56 Å². The summed E-state index contributed by atoms with van der Waals surface area (Å²) in [6, 6.07) is 11.4. The van der Waals surface area contributed by atoms with E-state index in [1.54, 1.807) is 37.3 Å². The number of halogens is 1. The molecule has 0 aliphatic carbocycles. The summed E-state index contributed by atoms with van der Waals surface area (Å²) in [4.78, 5) is 24.6. The van der Waals surface area contributed by atoms with Gasteiger partial charge >= 0.3 is 0 Å². The minimum absolute atomic E-state index is 0.305. The number of aromatic nitrogens is 5. The van der Waals surface area contributed by atoms with E-state index in [0.29, 0.717) is 46.3 Å². The maximum Gasteiger partial charge on any atom is 0.250 e. The number of hydrogen-bond acceptors (Lipinski definition) is 6. The quantitative estimate of drug-likeness (QED) is 0.491. The molecule has 0 spiro atoms. The summed E-state index contributed by atoms with van der Waals surface area (Å²) < 4.78 is 13.3. The molecule has 28 heavy (non-hydrogen) atoms. The van der Waals surface area contributed by atoms with Crippen molar-refractivity contribution in [2.45, 2.75) is 13.5 Å².